The minimum absolute atomic E-state index is 0.215. The predicted molar refractivity (Wildman–Crippen MR) is 46.3 cm³/mol. The Hall–Kier alpha value is -0.610. The molecule has 0 aromatic rings. The molecule has 0 unspecified atom stereocenters. The van der Waals surface area contributed by atoms with Gasteiger partial charge < -0.3 is 14.6 Å². The number of ether oxygens (including phenoxy) is 2. The smallest absolute Gasteiger partial charge is 0.314 e. The van der Waals surface area contributed by atoms with E-state index in [0.717, 1.165) is 6.42 Å². The highest BCUT2D eigenvalue weighted by Crippen LogP contribution is 2.31. The summed E-state index contributed by atoms with van der Waals surface area (Å²) in [5.74, 6) is -1.47. The fraction of sp³-hybridized carbons (Fsp3) is 0.889. The highest BCUT2D eigenvalue weighted by molar-refractivity contribution is 5.74. The van der Waals surface area contributed by atoms with Crippen LogP contribution in [0.4, 0.5) is 0 Å². The van der Waals surface area contributed by atoms with Crippen LogP contribution in [0.15, 0.2) is 0 Å². The van der Waals surface area contributed by atoms with Gasteiger partial charge in [0.2, 0.25) is 0 Å². The lowest BCUT2D eigenvalue weighted by Crippen LogP contribution is -2.50. The lowest BCUT2D eigenvalue weighted by molar-refractivity contribution is -0.290. The summed E-state index contributed by atoms with van der Waals surface area (Å²) < 4.78 is 10.8. The van der Waals surface area contributed by atoms with Crippen LogP contribution >= 0.6 is 0 Å². The molecule has 4 heteroatoms. The SMILES string of the molecule is CCC1(C)OCC(C)(C(=O)O)CO1. The van der Waals surface area contributed by atoms with Gasteiger partial charge in [0.15, 0.2) is 5.79 Å². The highest BCUT2D eigenvalue weighted by atomic mass is 16.7. The quantitative estimate of drug-likeness (QED) is 0.708. The minimum Gasteiger partial charge on any atom is -0.481 e. The maximum Gasteiger partial charge on any atom is 0.314 e. The molecule has 0 radical (unpaired) electrons. The summed E-state index contributed by atoms with van der Waals surface area (Å²) >= 11 is 0. The summed E-state index contributed by atoms with van der Waals surface area (Å²) in [7, 11) is 0. The van der Waals surface area contributed by atoms with Crippen molar-refractivity contribution in [2.24, 2.45) is 5.41 Å². The average Bonchev–Trinajstić information content (AvgIpc) is 2.11. The van der Waals surface area contributed by atoms with Gasteiger partial charge in [0.05, 0.1) is 13.2 Å². The third-order valence-corrected chi connectivity index (χ3v) is 2.55. The molecule has 1 aliphatic rings. The van der Waals surface area contributed by atoms with Gasteiger partial charge in [-0.25, -0.2) is 0 Å². The third-order valence-electron chi connectivity index (χ3n) is 2.55. The third kappa shape index (κ3) is 2.00. The molecule has 0 aromatic carbocycles. The largest absolute Gasteiger partial charge is 0.481 e. The number of aliphatic carboxylic acids is 1. The van der Waals surface area contributed by atoms with E-state index >= 15 is 0 Å². The molecule has 1 fully saturated rings. The number of carboxylic acid groups (broad SMARTS) is 1. The molecule has 1 N–H and O–H groups in total. The first-order valence-electron chi connectivity index (χ1n) is 4.43. The van der Waals surface area contributed by atoms with Crippen LogP contribution in [0.5, 0.6) is 0 Å². The second-order valence-corrected chi connectivity index (χ2v) is 3.93. The zero-order chi connectivity index (χ0) is 10.1. The maximum atomic E-state index is 10.8. The van der Waals surface area contributed by atoms with Crippen molar-refractivity contribution in [2.75, 3.05) is 13.2 Å². The first-order valence-corrected chi connectivity index (χ1v) is 4.43. The lowest BCUT2D eigenvalue weighted by Gasteiger charge is -2.40. The van der Waals surface area contributed by atoms with Crippen molar-refractivity contribution in [3.63, 3.8) is 0 Å². The monoisotopic (exact) mass is 188 g/mol. The van der Waals surface area contributed by atoms with Crippen molar-refractivity contribution in [2.45, 2.75) is 33.0 Å². The Morgan fingerprint density at radius 3 is 2.15 bits per heavy atom. The van der Waals surface area contributed by atoms with E-state index in [1.165, 1.54) is 0 Å². The molecule has 0 spiro atoms. The van der Waals surface area contributed by atoms with E-state index in [1.54, 1.807) is 6.92 Å². The van der Waals surface area contributed by atoms with Gasteiger partial charge in [-0.3, -0.25) is 4.79 Å². The summed E-state index contributed by atoms with van der Waals surface area (Å²) in [6.45, 7) is 5.84. The van der Waals surface area contributed by atoms with Gasteiger partial charge in [-0.2, -0.15) is 0 Å². The summed E-state index contributed by atoms with van der Waals surface area (Å²) in [4.78, 5) is 10.8. The van der Waals surface area contributed by atoms with E-state index in [0.29, 0.717) is 0 Å². The zero-order valence-electron chi connectivity index (χ0n) is 8.29. The van der Waals surface area contributed by atoms with Crippen molar-refractivity contribution in [3.05, 3.63) is 0 Å². The van der Waals surface area contributed by atoms with Crippen LogP contribution in [0.2, 0.25) is 0 Å². The Bertz CT molecular complexity index is 204. The van der Waals surface area contributed by atoms with E-state index in [2.05, 4.69) is 0 Å². The van der Waals surface area contributed by atoms with Crippen molar-refractivity contribution in [3.8, 4) is 0 Å². The first-order chi connectivity index (χ1) is 5.92. The molecule has 76 valence electrons. The van der Waals surface area contributed by atoms with Crippen LogP contribution < -0.4 is 0 Å². The van der Waals surface area contributed by atoms with Crippen LogP contribution in [0, 0.1) is 5.41 Å². The maximum absolute atomic E-state index is 10.8. The molecule has 1 aliphatic heterocycles. The normalized spacial score (nSPS) is 40.2. The zero-order valence-corrected chi connectivity index (χ0v) is 8.29. The Labute approximate surface area is 77.8 Å². The van der Waals surface area contributed by atoms with Crippen molar-refractivity contribution >= 4 is 5.97 Å². The summed E-state index contributed by atoms with van der Waals surface area (Å²) in [6, 6.07) is 0. The highest BCUT2D eigenvalue weighted by Gasteiger charge is 2.43. The molecule has 0 atom stereocenters. The van der Waals surface area contributed by atoms with E-state index in [4.69, 9.17) is 14.6 Å². The molecule has 0 saturated carbocycles. The van der Waals surface area contributed by atoms with Crippen LogP contribution in [0.1, 0.15) is 27.2 Å². The Morgan fingerprint density at radius 2 is 1.85 bits per heavy atom. The molecule has 4 nitrogen and oxygen atoms in total. The molecule has 0 aromatic heterocycles. The van der Waals surface area contributed by atoms with Gasteiger partial charge in [-0.1, -0.05) is 6.92 Å². The van der Waals surface area contributed by atoms with Gasteiger partial charge >= 0.3 is 5.97 Å². The van der Waals surface area contributed by atoms with Crippen LogP contribution in [-0.2, 0) is 14.3 Å². The Morgan fingerprint density at radius 1 is 1.38 bits per heavy atom. The number of hydrogen-bond donors (Lipinski definition) is 1. The number of rotatable bonds is 2. The Balaban J connectivity index is 2.61. The standard InChI is InChI=1S/C9H16O4/c1-4-9(3)12-5-8(2,6-13-9)7(10)11/h4-6H2,1-3H3,(H,10,11). The Kier molecular flexibility index (Phi) is 2.63. The van der Waals surface area contributed by atoms with Crippen molar-refractivity contribution in [1.29, 1.82) is 0 Å². The van der Waals surface area contributed by atoms with Gasteiger partial charge in [0.1, 0.15) is 5.41 Å². The second-order valence-electron chi connectivity index (χ2n) is 3.93. The number of carbonyl (C=O) groups is 1. The second kappa shape index (κ2) is 3.27. The topological polar surface area (TPSA) is 55.8 Å². The van der Waals surface area contributed by atoms with Gasteiger partial charge in [-0.15, -0.1) is 0 Å². The van der Waals surface area contributed by atoms with E-state index in [1.807, 2.05) is 13.8 Å². The van der Waals surface area contributed by atoms with Gasteiger partial charge in [0, 0.05) is 0 Å². The summed E-state index contributed by atoms with van der Waals surface area (Å²) in [5, 5.41) is 8.88. The molecule has 1 saturated heterocycles. The summed E-state index contributed by atoms with van der Waals surface area (Å²) in [5.41, 5.74) is -0.894. The molecular weight excluding hydrogens is 172 g/mol. The van der Waals surface area contributed by atoms with E-state index in [9.17, 15) is 4.79 Å². The number of carboxylic acids is 1. The fourth-order valence-corrected chi connectivity index (χ4v) is 1.03. The first kappa shape index (κ1) is 10.5. The summed E-state index contributed by atoms with van der Waals surface area (Å²) in [6.07, 6.45) is 0.725. The molecule has 0 aliphatic carbocycles. The lowest BCUT2D eigenvalue weighted by atomic mass is 9.92. The van der Waals surface area contributed by atoms with Gasteiger partial charge in [0.25, 0.3) is 0 Å². The molecule has 1 heterocycles. The average molecular weight is 188 g/mol. The molecule has 0 amide bonds. The van der Waals surface area contributed by atoms with E-state index < -0.39 is 17.2 Å². The number of hydrogen-bond acceptors (Lipinski definition) is 3. The molecule has 0 bridgehead atoms. The van der Waals surface area contributed by atoms with Crippen LogP contribution in [-0.4, -0.2) is 30.1 Å². The molecule has 13 heavy (non-hydrogen) atoms. The van der Waals surface area contributed by atoms with Crippen LogP contribution in [0.25, 0.3) is 0 Å². The van der Waals surface area contributed by atoms with Crippen molar-refractivity contribution < 1.29 is 19.4 Å². The van der Waals surface area contributed by atoms with Crippen molar-refractivity contribution in [1.82, 2.24) is 0 Å². The molecule has 1 rings (SSSR count). The van der Waals surface area contributed by atoms with Gasteiger partial charge in [-0.05, 0) is 20.3 Å². The molecular formula is C9H16O4. The van der Waals surface area contributed by atoms with E-state index in [-0.39, 0.29) is 13.2 Å². The predicted octanol–water partition coefficient (Wildman–Crippen LogP) is 1.25. The van der Waals surface area contributed by atoms with Crippen LogP contribution in [0.3, 0.4) is 0 Å². The minimum atomic E-state index is -0.894. The fourth-order valence-electron chi connectivity index (χ4n) is 1.03.